The predicted molar refractivity (Wildman–Crippen MR) is 90.9 cm³/mol. The Labute approximate surface area is 142 Å². The summed E-state index contributed by atoms with van der Waals surface area (Å²) in [6, 6.07) is 11.7. The van der Waals surface area contributed by atoms with E-state index < -0.39 is 0 Å². The number of benzene rings is 2. The van der Waals surface area contributed by atoms with E-state index in [2.05, 4.69) is 28.2 Å². The van der Waals surface area contributed by atoms with Gasteiger partial charge in [0.25, 0.3) is 0 Å². The first kappa shape index (κ1) is 16.1. The Balaban J connectivity index is 2.04. The lowest BCUT2D eigenvalue weighted by atomic mass is 10.1. The Kier molecular flexibility index (Phi) is 5.76. The zero-order valence-electron chi connectivity index (χ0n) is 10.8. The van der Waals surface area contributed by atoms with Crippen LogP contribution in [0, 0.1) is 0 Å². The van der Waals surface area contributed by atoms with Gasteiger partial charge < -0.3 is 5.32 Å². The highest BCUT2D eigenvalue weighted by Gasteiger charge is 2.08. The van der Waals surface area contributed by atoms with Gasteiger partial charge in [-0.15, -0.1) is 0 Å². The maximum atomic E-state index is 6.20. The first-order valence-corrected chi connectivity index (χ1v) is 8.02. The standard InChI is InChI=1S/C15H13BrCl3N/c1-9(10-3-5-13(17)15(19)6-10)20-8-11-2-4-12(16)7-14(11)18/h2-7,9,20H,8H2,1H3. The molecular formula is C15H13BrCl3N. The van der Waals surface area contributed by atoms with Crippen molar-refractivity contribution in [1.29, 1.82) is 0 Å². The minimum absolute atomic E-state index is 0.157. The lowest BCUT2D eigenvalue weighted by molar-refractivity contribution is 0.575. The van der Waals surface area contributed by atoms with Crippen LogP contribution in [0.2, 0.25) is 15.1 Å². The fourth-order valence-electron chi connectivity index (χ4n) is 1.83. The van der Waals surface area contributed by atoms with Crippen LogP contribution >= 0.6 is 50.7 Å². The van der Waals surface area contributed by atoms with E-state index in [-0.39, 0.29) is 6.04 Å². The van der Waals surface area contributed by atoms with Crippen molar-refractivity contribution in [2.24, 2.45) is 0 Å². The second kappa shape index (κ2) is 7.15. The Morgan fingerprint density at radius 1 is 1.00 bits per heavy atom. The van der Waals surface area contributed by atoms with Gasteiger partial charge in [-0.05, 0) is 42.3 Å². The fourth-order valence-corrected chi connectivity index (χ4v) is 2.87. The van der Waals surface area contributed by atoms with Gasteiger partial charge in [0, 0.05) is 22.1 Å². The summed E-state index contributed by atoms with van der Waals surface area (Å²) in [4.78, 5) is 0. The maximum absolute atomic E-state index is 6.20. The third-order valence-corrected chi connectivity index (χ3v) is 4.64. The Morgan fingerprint density at radius 3 is 2.40 bits per heavy atom. The largest absolute Gasteiger partial charge is 0.306 e. The lowest BCUT2D eigenvalue weighted by Crippen LogP contribution is -2.18. The first-order chi connectivity index (χ1) is 9.47. The molecule has 0 aliphatic heterocycles. The summed E-state index contributed by atoms with van der Waals surface area (Å²) in [6.45, 7) is 2.76. The summed E-state index contributed by atoms with van der Waals surface area (Å²) in [5.41, 5.74) is 2.15. The molecule has 0 amide bonds. The lowest BCUT2D eigenvalue weighted by Gasteiger charge is -2.15. The summed E-state index contributed by atoms with van der Waals surface area (Å²) in [5.74, 6) is 0. The summed E-state index contributed by atoms with van der Waals surface area (Å²) in [5, 5.41) is 5.30. The maximum Gasteiger partial charge on any atom is 0.0595 e. The van der Waals surface area contributed by atoms with Crippen LogP contribution in [-0.4, -0.2) is 0 Å². The Hall–Kier alpha value is -0.250. The molecule has 0 spiro atoms. The van der Waals surface area contributed by atoms with Crippen LogP contribution < -0.4 is 5.32 Å². The molecule has 1 nitrogen and oxygen atoms in total. The second-order valence-electron chi connectivity index (χ2n) is 4.51. The van der Waals surface area contributed by atoms with Crippen molar-refractivity contribution in [1.82, 2.24) is 5.32 Å². The van der Waals surface area contributed by atoms with E-state index in [1.807, 2.05) is 36.4 Å². The van der Waals surface area contributed by atoms with Gasteiger partial charge in [-0.25, -0.2) is 0 Å². The van der Waals surface area contributed by atoms with Crippen LogP contribution in [0.25, 0.3) is 0 Å². The Morgan fingerprint density at radius 2 is 1.75 bits per heavy atom. The smallest absolute Gasteiger partial charge is 0.0595 e. The van der Waals surface area contributed by atoms with Crippen molar-refractivity contribution < 1.29 is 0 Å². The van der Waals surface area contributed by atoms with Gasteiger partial charge in [-0.1, -0.05) is 62.9 Å². The number of hydrogen-bond acceptors (Lipinski definition) is 1. The van der Waals surface area contributed by atoms with Gasteiger partial charge in [0.05, 0.1) is 10.0 Å². The van der Waals surface area contributed by atoms with Crippen LogP contribution in [0.1, 0.15) is 24.1 Å². The zero-order chi connectivity index (χ0) is 14.7. The third kappa shape index (κ3) is 4.12. The first-order valence-electron chi connectivity index (χ1n) is 6.09. The average molecular weight is 394 g/mol. The van der Waals surface area contributed by atoms with Crippen molar-refractivity contribution in [3.8, 4) is 0 Å². The van der Waals surface area contributed by atoms with E-state index in [9.17, 15) is 0 Å². The van der Waals surface area contributed by atoms with E-state index in [1.165, 1.54) is 0 Å². The van der Waals surface area contributed by atoms with Crippen molar-refractivity contribution in [3.05, 3.63) is 67.1 Å². The Bertz CT molecular complexity index is 616. The molecule has 5 heteroatoms. The molecule has 0 saturated heterocycles. The van der Waals surface area contributed by atoms with Gasteiger partial charge in [-0.3, -0.25) is 0 Å². The molecule has 1 N–H and O–H groups in total. The van der Waals surface area contributed by atoms with Crippen molar-refractivity contribution in [3.63, 3.8) is 0 Å². The van der Waals surface area contributed by atoms with Gasteiger partial charge in [-0.2, -0.15) is 0 Å². The quantitative estimate of drug-likeness (QED) is 0.646. The number of hydrogen-bond donors (Lipinski definition) is 1. The van der Waals surface area contributed by atoms with E-state index in [0.717, 1.165) is 20.6 Å². The monoisotopic (exact) mass is 391 g/mol. The van der Waals surface area contributed by atoms with Crippen LogP contribution in [-0.2, 0) is 6.54 Å². The molecule has 106 valence electrons. The van der Waals surface area contributed by atoms with Crippen LogP contribution in [0.3, 0.4) is 0 Å². The molecule has 0 aliphatic carbocycles. The van der Waals surface area contributed by atoms with Gasteiger partial charge in [0.1, 0.15) is 0 Å². The normalized spacial score (nSPS) is 12.4. The van der Waals surface area contributed by atoms with Crippen LogP contribution in [0.5, 0.6) is 0 Å². The number of rotatable bonds is 4. The van der Waals surface area contributed by atoms with Crippen LogP contribution in [0.15, 0.2) is 40.9 Å². The van der Waals surface area contributed by atoms with Crippen molar-refractivity contribution in [2.75, 3.05) is 0 Å². The zero-order valence-corrected chi connectivity index (χ0v) is 14.6. The van der Waals surface area contributed by atoms with Crippen molar-refractivity contribution in [2.45, 2.75) is 19.5 Å². The molecule has 0 bridgehead atoms. The molecule has 0 aromatic heterocycles. The molecule has 1 unspecified atom stereocenters. The number of nitrogens with one attached hydrogen (secondary N) is 1. The highest BCUT2D eigenvalue weighted by Crippen LogP contribution is 2.26. The summed E-state index contributed by atoms with van der Waals surface area (Å²) < 4.78 is 0.976. The highest BCUT2D eigenvalue weighted by molar-refractivity contribution is 9.10. The van der Waals surface area contributed by atoms with E-state index in [4.69, 9.17) is 34.8 Å². The molecular weight excluding hydrogens is 380 g/mol. The minimum atomic E-state index is 0.157. The van der Waals surface area contributed by atoms with E-state index in [0.29, 0.717) is 16.6 Å². The number of halogens is 4. The molecule has 0 saturated carbocycles. The predicted octanol–water partition coefficient (Wildman–Crippen LogP) is 6.26. The topological polar surface area (TPSA) is 12.0 Å². The fraction of sp³-hybridized carbons (Fsp3) is 0.200. The van der Waals surface area contributed by atoms with E-state index >= 15 is 0 Å². The minimum Gasteiger partial charge on any atom is -0.306 e. The van der Waals surface area contributed by atoms with Gasteiger partial charge >= 0.3 is 0 Å². The molecule has 1 atom stereocenters. The molecule has 0 heterocycles. The summed E-state index contributed by atoms with van der Waals surface area (Å²) >= 11 is 21.5. The SMILES string of the molecule is CC(NCc1ccc(Br)cc1Cl)c1ccc(Cl)c(Cl)c1. The molecule has 0 radical (unpaired) electrons. The average Bonchev–Trinajstić information content (AvgIpc) is 2.40. The summed E-state index contributed by atoms with van der Waals surface area (Å²) in [6.07, 6.45) is 0. The molecule has 2 aromatic rings. The molecule has 20 heavy (non-hydrogen) atoms. The summed E-state index contributed by atoms with van der Waals surface area (Å²) in [7, 11) is 0. The van der Waals surface area contributed by atoms with E-state index in [1.54, 1.807) is 0 Å². The third-order valence-electron chi connectivity index (χ3n) is 3.06. The molecule has 0 aliphatic rings. The van der Waals surface area contributed by atoms with Crippen LogP contribution in [0.4, 0.5) is 0 Å². The molecule has 2 rings (SSSR count). The van der Waals surface area contributed by atoms with Gasteiger partial charge in [0.15, 0.2) is 0 Å². The van der Waals surface area contributed by atoms with Gasteiger partial charge in [0.2, 0.25) is 0 Å². The highest BCUT2D eigenvalue weighted by atomic mass is 79.9. The molecule has 0 fully saturated rings. The van der Waals surface area contributed by atoms with Crippen molar-refractivity contribution >= 4 is 50.7 Å². The molecule has 2 aromatic carbocycles. The second-order valence-corrected chi connectivity index (χ2v) is 6.65.